The second-order valence-corrected chi connectivity index (χ2v) is 6.97. The predicted octanol–water partition coefficient (Wildman–Crippen LogP) is 3.16. The molecule has 0 fully saturated rings. The van der Waals surface area contributed by atoms with E-state index >= 15 is 0 Å². The van der Waals surface area contributed by atoms with Gasteiger partial charge in [0.1, 0.15) is 5.75 Å². The van der Waals surface area contributed by atoms with Gasteiger partial charge in [-0.2, -0.15) is 0 Å². The Kier molecular flexibility index (Phi) is 8.02. The molecule has 2 rings (SSSR count). The summed E-state index contributed by atoms with van der Waals surface area (Å²) >= 11 is 0. The van der Waals surface area contributed by atoms with Crippen molar-refractivity contribution >= 4 is 11.9 Å². The molecule has 0 atom stereocenters. The van der Waals surface area contributed by atoms with Gasteiger partial charge in [0.2, 0.25) is 5.91 Å². The number of nitrogens with one attached hydrogen (secondary N) is 2. The Hall–Kier alpha value is -2.86. The Balaban J connectivity index is 1.74. The minimum absolute atomic E-state index is 0.253. The molecule has 2 N–H and O–H groups in total. The van der Waals surface area contributed by atoms with Gasteiger partial charge in [0.05, 0.1) is 7.11 Å². The van der Waals surface area contributed by atoms with E-state index in [1.165, 1.54) is 5.56 Å². The van der Waals surface area contributed by atoms with Gasteiger partial charge in [-0.1, -0.05) is 42.5 Å². The van der Waals surface area contributed by atoms with Gasteiger partial charge < -0.3 is 15.0 Å². The third kappa shape index (κ3) is 6.70. The topological polar surface area (TPSA) is 70.7 Å². The SMILES string of the molecule is COc1c(C)cc(CN(C)CCC(=O)NC(=O)NCc2ccccc2)cc1C. The van der Waals surface area contributed by atoms with Crippen LogP contribution in [0.2, 0.25) is 0 Å². The van der Waals surface area contributed by atoms with Gasteiger partial charge in [-0.15, -0.1) is 0 Å². The summed E-state index contributed by atoms with van der Waals surface area (Å²) in [7, 11) is 3.63. The van der Waals surface area contributed by atoms with E-state index in [1.54, 1.807) is 7.11 Å². The van der Waals surface area contributed by atoms with Crippen LogP contribution in [0, 0.1) is 13.8 Å². The molecule has 0 spiro atoms. The number of hydrogen-bond acceptors (Lipinski definition) is 4. The van der Waals surface area contributed by atoms with Crippen molar-refractivity contribution in [1.29, 1.82) is 0 Å². The van der Waals surface area contributed by atoms with Crippen molar-refractivity contribution in [2.45, 2.75) is 33.4 Å². The van der Waals surface area contributed by atoms with Crippen LogP contribution < -0.4 is 15.4 Å². The van der Waals surface area contributed by atoms with Crippen molar-refractivity contribution in [3.8, 4) is 5.75 Å². The zero-order valence-corrected chi connectivity index (χ0v) is 17.0. The number of carbonyl (C=O) groups is 2. The van der Waals surface area contributed by atoms with Gasteiger partial charge >= 0.3 is 6.03 Å². The average molecular weight is 383 g/mol. The van der Waals surface area contributed by atoms with E-state index in [1.807, 2.05) is 51.2 Å². The van der Waals surface area contributed by atoms with E-state index in [4.69, 9.17) is 4.74 Å². The zero-order valence-electron chi connectivity index (χ0n) is 17.0. The number of imide groups is 1. The number of aryl methyl sites for hydroxylation is 2. The standard InChI is InChI=1S/C22H29N3O3/c1-16-12-19(13-17(2)21(16)28-4)15-25(3)11-10-20(26)24-22(27)23-14-18-8-6-5-7-9-18/h5-9,12-13H,10-11,14-15H2,1-4H3,(H2,23,24,26,27). The lowest BCUT2D eigenvalue weighted by Crippen LogP contribution is -2.40. The lowest BCUT2D eigenvalue weighted by atomic mass is 10.1. The van der Waals surface area contributed by atoms with Gasteiger partial charge in [0, 0.05) is 26.1 Å². The number of ether oxygens (including phenoxy) is 1. The van der Waals surface area contributed by atoms with Crippen molar-refractivity contribution in [2.24, 2.45) is 0 Å². The summed E-state index contributed by atoms with van der Waals surface area (Å²) < 4.78 is 5.40. The molecule has 6 nitrogen and oxygen atoms in total. The molecule has 2 aromatic carbocycles. The highest BCUT2D eigenvalue weighted by Crippen LogP contribution is 2.24. The van der Waals surface area contributed by atoms with E-state index < -0.39 is 6.03 Å². The Morgan fingerprint density at radius 2 is 1.68 bits per heavy atom. The van der Waals surface area contributed by atoms with Crippen LogP contribution in [0.1, 0.15) is 28.7 Å². The van der Waals surface area contributed by atoms with Crippen LogP contribution in [0.15, 0.2) is 42.5 Å². The molecular weight excluding hydrogens is 354 g/mol. The normalized spacial score (nSPS) is 10.6. The number of hydrogen-bond donors (Lipinski definition) is 2. The number of carbonyl (C=O) groups excluding carboxylic acids is 2. The first-order valence-electron chi connectivity index (χ1n) is 9.33. The van der Waals surface area contributed by atoms with Crippen molar-refractivity contribution in [3.05, 3.63) is 64.7 Å². The summed E-state index contributed by atoms with van der Waals surface area (Å²) in [6, 6.07) is 13.3. The number of rotatable bonds is 8. The van der Waals surface area contributed by atoms with E-state index in [2.05, 4.69) is 27.7 Å². The molecule has 0 radical (unpaired) electrons. The molecule has 0 heterocycles. The van der Waals surface area contributed by atoms with E-state index in [0.29, 0.717) is 13.1 Å². The number of methoxy groups -OCH3 is 1. The molecule has 28 heavy (non-hydrogen) atoms. The highest BCUT2D eigenvalue weighted by molar-refractivity contribution is 5.94. The number of urea groups is 1. The van der Waals surface area contributed by atoms with E-state index in [-0.39, 0.29) is 12.3 Å². The molecule has 0 aromatic heterocycles. The fourth-order valence-corrected chi connectivity index (χ4v) is 3.15. The second-order valence-electron chi connectivity index (χ2n) is 6.97. The largest absolute Gasteiger partial charge is 0.496 e. The summed E-state index contributed by atoms with van der Waals surface area (Å²) in [5.41, 5.74) is 4.34. The summed E-state index contributed by atoms with van der Waals surface area (Å²) in [5, 5.41) is 5.05. The van der Waals surface area contributed by atoms with Gasteiger partial charge in [-0.3, -0.25) is 10.1 Å². The van der Waals surface area contributed by atoms with Gasteiger partial charge in [-0.05, 0) is 43.1 Å². The second kappa shape index (κ2) is 10.5. The summed E-state index contributed by atoms with van der Waals surface area (Å²) in [5.74, 6) is 0.617. The molecule has 0 saturated carbocycles. The first-order chi connectivity index (χ1) is 13.4. The summed E-state index contributed by atoms with van der Waals surface area (Å²) in [4.78, 5) is 25.9. The minimum Gasteiger partial charge on any atom is -0.496 e. The van der Waals surface area contributed by atoms with Crippen LogP contribution in [-0.4, -0.2) is 37.5 Å². The number of benzene rings is 2. The predicted molar refractivity (Wildman–Crippen MR) is 110 cm³/mol. The molecule has 150 valence electrons. The lowest BCUT2D eigenvalue weighted by molar-refractivity contribution is -0.120. The Morgan fingerprint density at radius 3 is 2.29 bits per heavy atom. The van der Waals surface area contributed by atoms with Gasteiger partial charge in [-0.25, -0.2) is 4.79 Å². The van der Waals surface area contributed by atoms with Crippen molar-refractivity contribution in [1.82, 2.24) is 15.5 Å². The number of nitrogens with zero attached hydrogens (tertiary/aromatic N) is 1. The van der Waals surface area contributed by atoms with Crippen LogP contribution in [0.3, 0.4) is 0 Å². The molecule has 0 aliphatic heterocycles. The molecule has 0 unspecified atom stereocenters. The first-order valence-corrected chi connectivity index (χ1v) is 9.33. The first kappa shape index (κ1) is 21.4. The smallest absolute Gasteiger partial charge is 0.321 e. The van der Waals surface area contributed by atoms with Gasteiger partial charge in [0.25, 0.3) is 0 Å². The molecule has 0 aliphatic carbocycles. The Morgan fingerprint density at radius 1 is 1.04 bits per heavy atom. The van der Waals surface area contributed by atoms with Crippen LogP contribution in [0.4, 0.5) is 4.79 Å². The van der Waals surface area contributed by atoms with Gasteiger partial charge in [0.15, 0.2) is 0 Å². The van der Waals surface area contributed by atoms with Crippen LogP contribution in [-0.2, 0) is 17.9 Å². The molecule has 0 saturated heterocycles. The summed E-state index contributed by atoms with van der Waals surface area (Å²) in [6.07, 6.45) is 0.253. The lowest BCUT2D eigenvalue weighted by Gasteiger charge is -2.18. The van der Waals surface area contributed by atoms with Crippen LogP contribution in [0.25, 0.3) is 0 Å². The molecule has 0 bridgehead atoms. The fraction of sp³-hybridized carbons (Fsp3) is 0.364. The van der Waals surface area contributed by atoms with Crippen LogP contribution in [0.5, 0.6) is 5.75 Å². The van der Waals surface area contributed by atoms with Crippen LogP contribution >= 0.6 is 0 Å². The quantitative estimate of drug-likeness (QED) is 0.735. The monoisotopic (exact) mass is 383 g/mol. The van der Waals surface area contributed by atoms with Crippen molar-refractivity contribution in [2.75, 3.05) is 20.7 Å². The third-order valence-electron chi connectivity index (χ3n) is 4.45. The molecule has 0 aliphatic rings. The molecule has 3 amide bonds. The van der Waals surface area contributed by atoms with Crippen molar-refractivity contribution in [3.63, 3.8) is 0 Å². The molecule has 2 aromatic rings. The third-order valence-corrected chi connectivity index (χ3v) is 4.45. The number of amides is 3. The molecular formula is C22H29N3O3. The maximum atomic E-state index is 12.0. The van der Waals surface area contributed by atoms with E-state index in [9.17, 15) is 9.59 Å². The Bertz CT molecular complexity index is 783. The minimum atomic E-state index is -0.474. The highest BCUT2D eigenvalue weighted by atomic mass is 16.5. The van der Waals surface area contributed by atoms with E-state index in [0.717, 1.165) is 29.0 Å². The molecule has 6 heteroatoms. The maximum Gasteiger partial charge on any atom is 0.321 e. The highest BCUT2D eigenvalue weighted by Gasteiger charge is 2.11. The maximum absolute atomic E-state index is 12.0. The Labute approximate surface area is 166 Å². The summed E-state index contributed by atoms with van der Waals surface area (Å²) in [6.45, 7) is 5.71. The van der Waals surface area contributed by atoms with Crippen molar-refractivity contribution < 1.29 is 14.3 Å². The average Bonchev–Trinajstić information content (AvgIpc) is 2.65. The zero-order chi connectivity index (χ0) is 20.5. The fourth-order valence-electron chi connectivity index (χ4n) is 3.15.